The molecule has 1 fully saturated rings. The first kappa shape index (κ1) is 13.9. The number of nitrogen functional groups attached to an aromatic ring is 1. The number of nitrogens with one attached hydrogen (secondary N) is 1. The summed E-state index contributed by atoms with van der Waals surface area (Å²) in [6.07, 6.45) is 2.09. The third kappa shape index (κ3) is 2.43. The average Bonchev–Trinajstić information content (AvgIpc) is 3.02. The summed E-state index contributed by atoms with van der Waals surface area (Å²) in [5, 5.41) is 4.08. The number of nitrogens with two attached hydrogens (primary N) is 2. The Labute approximate surface area is 135 Å². The van der Waals surface area contributed by atoms with E-state index in [0.29, 0.717) is 23.7 Å². The van der Waals surface area contributed by atoms with Crippen molar-refractivity contribution in [2.45, 2.75) is 31.7 Å². The molecule has 0 bridgehead atoms. The summed E-state index contributed by atoms with van der Waals surface area (Å²) in [4.78, 5) is 10.2. The van der Waals surface area contributed by atoms with Crippen LogP contribution in [0.15, 0.2) is 12.1 Å². The fraction of sp³-hybridized carbons (Fsp3) is 0.357. The number of aryl methyl sites for hydroxylation is 1. The van der Waals surface area contributed by atoms with Gasteiger partial charge in [-0.05, 0) is 49.3 Å². The van der Waals surface area contributed by atoms with Crippen LogP contribution in [0.3, 0.4) is 0 Å². The first-order valence-electron chi connectivity index (χ1n) is 7.11. The smallest absolute Gasteiger partial charge is 0.230 e. The van der Waals surface area contributed by atoms with Gasteiger partial charge in [0.05, 0.1) is 15.9 Å². The van der Waals surface area contributed by atoms with Gasteiger partial charge in [-0.3, -0.25) is 0 Å². The molecule has 1 aliphatic rings. The number of hydrogen-bond donors (Lipinski definition) is 3. The maximum absolute atomic E-state index is 6.10. The summed E-state index contributed by atoms with van der Waals surface area (Å²) < 4.78 is 5.19. The van der Waals surface area contributed by atoms with Gasteiger partial charge in [-0.15, -0.1) is 11.3 Å². The van der Waals surface area contributed by atoms with Crippen molar-refractivity contribution in [3.05, 3.63) is 22.7 Å². The van der Waals surface area contributed by atoms with Crippen LogP contribution in [-0.4, -0.2) is 20.4 Å². The van der Waals surface area contributed by atoms with Gasteiger partial charge in [0.15, 0.2) is 0 Å². The van der Waals surface area contributed by atoms with E-state index >= 15 is 0 Å². The molecule has 5 N–H and O–H groups in total. The Kier molecular flexibility index (Phi) is 3.24. The molecule has 0 aromatic carbocycles. The van der Waals surface area contributed by atoms with Gasteiger partial charge in [-0.2, -0.15) is 9.36 Å². The van der Waals surface area contributed by atoms with Crippen molar-refractivity contribution in [3.8, 4) is 0 Å². The molecular formula is C14H16N6S2. The summed E-state index contributed by atoms with van der Waals surface area (Å²) in [6.45, 7) is 1.95. The van der Waals surface area contributed by atoms with Gasteiger partial charge in [0.1, 0.15) is 10.8 Å². The number of anilines is 3. The molecule has 0 spiro atoms. The van der Waals surface area contributed by atoms with Crippen molar-refractivity contribution < 1.29 is 0 Å². The first-order chi connectivity index (χ1) is 10.6. The zero-order chi connectivity index (χ0) is 15.3. The van der Waals surface area contributed by atoms with Crippen LogP contribution in [0.1, 0.15) is 29.3 Å². The molecule has 3 aromatic rings. The van der Waals surface area contributed by atoms with Crippen molar-refractivity contribution >= 4 is 49.9 Å². The van der Waals surface area contributed by atoms with Crippen molar-refractivity contribution in [1.29, 1.82) is 0 Å². The predicted octanol–water partition coefficient (Wildman–Crippen LogP) is 2.99. The quantitative estimate of drug-likeness (QED) is 0.681. The Hall–Kier alpha value is -1.77. The van der Waals surface area contributed by atoms with Gasteiger partial charge in [-0.25, -0.2) is 4.98 Å². The summed E-state index contributed by atoms with van der Waals surface area (Å²) in [5.74, 6) is 1.59. The van der Waals surface area contributed by atoms with Crippen molar-refractivity contribution in [2.75, 3.05) is 11.1 Å². The second-order valence-corrected chi connectivity index (χ2v) is 7.57. The number of thiophene rings is 1. The van der Waals surface area contributed by atoms with E-state index in [1.54, 1.807) is 11.3 Å². The minimum absolute atomic E-state index is 0.338. The van der Waals surface area contributed by atoms with Crippen LogP contribution in [0.4, 0.5) is 16.8 Å². The van der Waals surface area contributed by atoms with Gasteiger partial charge < -0.3 is 16.8 Å². The normalized spacial score (nSPS) is 21.0. The van der Waals surface area contributed by atoms with Gasteiger partial charge in [0.2, 0.25) is 5.95 Å². The molecule has 3 heterocycles. The Morgan fingerprint density at radius 2 is 2.09 bits per heavy atom. The Balaban J connectivity index is 1.66. The lowest BCUT2D eigenvalue weighted by molar-refractivity contribution is 0.356. The summed E-state index contributed by atoms with van der Waals surface area (Å²) >= 11 is 3.07. The highest BCUT2D eigenvalue weighted by Gasteiger charge is 2.29. The molecule has 3 aromatic heterocycles. The summed E-state index contributed by atoms with van der Waals surface area (Å²) in [5.41, 5.74) is 13.9. The van der Waals surface area contributed by atoms with E-state index in [2.05, 4.69) is 25.7 Å². The van der Waals surface area contributed by atoms with Crippen LogP contribution in [-0.2, 0) is 0 Å². The fourth-order valence-electron chi connectivity index (χ4n) is 2.65. The molecule has 0 unspecified atom stereocenters. The number of fused-ring (bicyclic) bond motifs is 1. The molecule has 1 aliphatic carbocycles. The molecule has 0 amide bonds. The molecule has 0 saturated heterocycles. The van der Waals surface area contributed by atoms with E-state index in [-0.39, 0.29) is 0 Å². The average molecular weight is 332 g/mol. The zero-order valence-corrected chi connectivity index (χ0v) is 13.7. The summed E-state index contributed by atoms with van der Waals surface area (Å²) in [6, 6.07) is 4.42. The second-order valence-electron chi connectivity index (χ2n) is 5.68. The van der Waals surface area contributed by atoms with Crippen LogP contribution in [0.25, 0.3) is 10.2 Å². The van der Waals surface area contributed by atoms with Gasteiger partial charge >= 0.3 is 0 Å². The number of nitrogens with zero attached hydrogens (tertiary/aromatic N) is 3. The predicted molar refractivity (Wildman–Crippen MR) is 91.9 cm³/mol. The summed E-state index contributed by atoms with van der Waals surface area (Å²) in [7, 11) is 0. The van der Waals surface area contributed by atoms with E-state index in [0.717, 1.165) is 33.8 Å². The second kappa shape index (κ2) is 5.15. The maximum Gasteiger partial charge on any atom is 0.230 e. The van der Waals surface area contributed by atoms with Crippen LogP contribution < -0.4 is 16.8 Å². The molecular weight excluding hydrogens is 316 g/mol. The van der Waals surface area contributed by atoms with Crippen molar-refractivity contribution in [2.24, 2.45) is 5.73 Å². The van der Waals surface area contributed by atoms with Gasteiger partial charge in [0, 0.05) is 10.9 Å². The fourth-order valence-corrected chi connectivity index (χ4v) is 4.43. The lowest BCUT2D eigenvalue weighted by Crippen LogP contribution is -2.34. The van der Waals surface area contributed by atoms with Gasteiger partial charge in [-0.1, -0.05) is 0 Å². The molecule has 1 saturated carbocycles. The monoisotopic (exact) mass is 332 g/mol. The van der Waals surface area contributed by atoms with Crippen molar-refractivity contribution in [3.63, 3.8) is 0 Å². The largest absolute Gasteiger partial charge is 0.382 e. The number of rotatable bonds is 3. The molecule has 0 radical (unpaired) electrons. The van der Waals surface area contributed by atoms with E-state index in [9.17, 15) is 0 Å². The number of aromatic nitrogens is 3. The third-order valence-corrected chi connectivity index (χ3v) is 5.96. The van der Waals surface area contributed by atoms with Crippen LogP contribution in [0.2, 0.25) is 0 Å². The lowest BCUT2D eigenvalue weighted by Gasteiger charge is -2.31. The maximum atomic E-state index is 6.10. The molecule has 6 nitrogen and oxygen atoms in total. The molecule has 22 heavy (non-hydrogen) atoms. The lowest BCUT2D eigenvalue weighted by atomic mass is 9.80. The van der Waals surface area contributed by atoms with E-state index in [4.69, 9.17) is 11.5 Å². The minimum Gasteiger partial charge on any atom is -0.382 e. The molecule has 4 rings (SSSR count). The Bertz CT molecular complexity index is 833. The van der Waals surface area contributed by atoms with Crippen LogP contribution >= 0.6 is 22.9 Å². The first-order valence-corrected chi connectivity index (χ1v) is 8.70. The molecule has 0 aliphatic heterocycles. The minimum atomic E-state index is 0.338. The highest BCUT2D eigenvalue weighted by Crippen LogP contribution is 2.42. The van der Waals surface area contributed by atoms with Crippen LogP contribution in [0, 0.1) is 6.92 Å². The highest BCUT2D eigenvalue weighted by atomic mass is 32.1. The zero-order valence-electron chi connectivity index (χ0n) is 12.0. The molecule has 8 heteroatoms. The van der Waals surface area contributed by atoms with Gasteiger partial charge in [0.25, 0.3) is 0 Å². The SMILES string of the molecule is Cc1cc(Nc2nc(N)c3sc(C4CC(N)C4)cc3n2)sn1. The van der Waals surface area contributed by atoms with E-state index < -0.39 is 0 Å². The highest BCUT2D eigenvalue weighted by molar-refractivity contribution is 7.19. The standard InChI is InChI=1S/C14H16N6S2/c1-6-2-11(22-20-6)18-14-17-9-5-10(7-3-8(15)4-7)21-12(9)13(16)19-14/h2,5,7-8H,3-4,15H2,1H3,(H3,16,17,18,19). The Morgan fingerprint density at radius 1 is 1.27 bits per heavy atom. The topological polar surface area (TPSA) is 103 Å². The Morgan fingerprint density at radius 3 is 2.77 bits per heavy atom. The van der Waals surface area contributed by atoms with Crippen molar-refractivity contribution in [1.82, 2.24) is 14.3 Å². The van der Waals surface area contributed by atoms with E-state index in [1.807, 2.05) is 13.0 Å². The molecule has 0 atom stereocenters. The van der Waals surface area contributed by atoms with E-state index in [1.165, 1.54) is 16.4 Å². The van der Waals surface area contributed by atoms with Crippen LogP contribution in [0.5, 0.6) is 0 Å². The number of hydrogen-bond acceptors (Lipinski definition) is 8. The third-order valence-electron chi connectivity index (χ3n) is 3.86. The molecule has 114 valence electrons.